The molecule has 0 radical (unpaired) electrons. The normalized spacial score (nSPS) is 16.9. The summed E-state index contributed by atoms with van der Waals surface area (Å²) in [7, 11) is 0. The Bertz CT molecular complexity index is 446. The van der Waals surface area contributed by atoms with Gasteiger partial charge in [-0.05, 0) is 37.1 Å². The zero-order chi connectivity index (χ0) is 11.9. The molecule has 1 aliphatic heterocycles. The molecular weight excluding hydrogens is 198 g/mol. The van der Waals surface area contributed by atoms with Gasteiger partial charge in [0.05, 0.1) is 6.61 Å². The molecule has 0 saturated carbocycles. The fourth-order valence-corrected chi connectivity index (χ4v) is 2.38. The van der Waals surface area contributed by atoms with Crippen molar-refractivity contribution in [3.05, 3.63) is 35.5 Å². The Balaban J connectivity index is 2.58. The van der Waals surface area contributed by atoms with Crippen molar-refractivity contribution in [3.63, 3.8) is 0 Å². The maximum Gasteiger partial charge on any atom is 0.122 e. The molecule has 0 unspecified atom stereocenters. The number of anilines is 1. The van der Waals surface area contributed by atoms with E-state index in [0.717, 1.165) is 17.1 Å². The number of hydrogen-bond acceptors (Lipinski definition) is 2. The third-order valence-corrected chi connectivity index (χ3v) is 3.38. The maximum absolute atomic E-state index is 5.63. The van der Waals surface area contributed by atoms with Crippen LogP contribution >= 0.6 is 0 Å². The molecular formula is C14H19NO. The van der Waals surface area contributed by atoms with E-state index in [1.54, 1.807) is 0 Å². The van der Waals surface area contributed by atoms with Gasteiger partial charge in [0, 0.05) is 16.8 Å². The van der Waals surface area contributed by atoms with Crippen LogP contribution in [-0.4, -0.2) is 6.61 Å². The minimum Gasteiger partial charge on any atom is -0.494 e. The summed E-state index contributed by atoms with van der Waals surface area (Å²) in [4.78, 5) is 0. The molecule has 2 nitrogen and oxygen atoms in total. The van der Waals surface area contributed by atoms with E-state index < -0.39 is 0 Å². The lowest BCUT2D eigenvalue weighted by atomic mass is 9.82. The van der Waals surface area contributed by atoms with Crippen molar-refractivity contribution in [3.8, 4) is 5.75 Å². The summed E-state index contributed by atoms with van der Waals surface area (Å²) in [6.45, 7) is 13.3. The summed E-state index contributed by atoms with van der Waals surface area (Å²) in [5.74, 6) is 0.978. The molecule has 1 aromatic carbocycles. The highest BCUT2D eigenvalue weighted by atomic mass is 16.5. The van der Waals surface area contributed by atoms with E-state index in [2.05, 4.69) is 38.7 Å². The van der Waals surface area contributed by atoms with Gasteiger partial charge in [-0.2, -0.15) is 0 Å². The monoisotopic (exact) mass is 217 g/mol. The van der Waals surface area contributed by atoms with Crippen molar-refractivity contribution in [2.24, 2.45) is 0 Å². The molecule has 0 aromatic heterocycles. The molecule has 2 rings (SSSR count). The molecule has 0 atom stereocenters. The van der Waals surface area contributed by atoms with Crippen LogP contribution in [0.5, 0.6) is 5.75 Å². The minimum atomic E-state index is -0.0213. The van der Waals surface area contributed by atoms with E-state index in [4.69, 9.17) is 4.74 Å². The number of hydrogen-bond donors (Lipinski definition) is 1. The summed E-state index contributed by atoms with van der Waals surface area (Å²) in [5, 5.41) is 3.35. The number of nitrogens with one attached hydrogen (secondary N) is 1. The van der Waals surface area contributed by atoms with Crippen molar-refractivity contribution in [2.75, 3.05) is 11.9 Å². The van der Waals surface area contributed by atoms with Gasteiger partial charge in [0.15, 0.2) is 0 Å². The van der Waals surface area contributed by atoms with Gasteiger partial charge in [0.2, 0.25) is 0 Å². The highest BCUT2D eigenvalue weighted by molar-refractivity contribution is 5.71. The number of fused-ring (bicyclic) bond motifs is 1. The van der Waals surface area contributed by atoms with Crippen molar-refractivity contribution >= 4 is 5.69 Å². The molecule has 0 spiro atoms. The molecule has 1 heterocycles. The molecule has 2 heteroatoms. The second-order valence-electron chi connectivity index (χ2n) is 4.77. The lowest BCUT2D eigenvalue weighted by Crippen LogP contribution is -2.17. The largest absolute Gasteiger partial charge is 0.494 e. The van der Waals surface area contributed by atoms with E-state index in [-0.39, 0.29) is 5.41 Å². The number of allylic oxidation sites excluding steroid dienone is 1. The third-order valence-electron chi connectivity index (χ3n) is 3.38. The first-order chi connectivity index (χ1) is 7.48. The molecule has 1 aromatic rings. The average Bonchev–Trinajstić information content (AvgIpc) is 2.44. The van der Waals surface area contributed by atoms with E-state index >= 15 is 0 Å². The molecule has 86 valence electrons. The zero-order valence-corrected chi connectivity index (χ0v) is 10.5. The minimum absolute atomic E-state index is 0.0213. The predicted molar refractivity (Wildman–Crippen MR) is 68.1 cm³/mol. The smallest absolute Gasteiger partial charge is 0.122 e. The molecule has 0 aliphatic carbocycles. The van der Waals surface area contributed by atoms with Gasteiger partial charge < -0.3 is 10.1 Å². The molecule has 1 aliphatic rings. The van der Waals surface area contributed by atoms with Crippen molar-refractivity contribution in [2.45, 2.75) is 33.1 Å². The predicted octanol–water partition coefficient (Wildman–Crippen LogP) is 3.61. The number of benzene rings is 1. The standard InChI is InChI=1S/C14H19NO/c1-6-16-12-8-7-11-13(9(12)2)14(4,5)10(3)15-11/h7-8,15H,3,6H2,1-2,4-5H3. The Morgan fingerprint density at radius 2 is 2.06 bits per heavy atom. The van der Waals surface area contributed by atoms with Crippen LogP contribution in [0.15, 0.2) is 24.4 Å². The summed E-state index contributed by atoms with van der Waals surface area (Å²) in [6, 6.07) is 4.10. The fourth-order valence-electron chi connectivity index (χ4n) is 2.38. The summed E-state index contributed by atoms with van der Waals surface area (Å²) < 4.78 is 5.63. The third kappa shape index (κ3) is 1.41. The lowest BCUT2D eigenvalue weighted by molar-refractivity contribution is 0.337. The van der Waals surface area contributed by atoms with E-state index in [0.29, 0.717) is 6.61 Å². The Morgan fingerprint density at radius 3 is 2.69 bits per heavy atom. The van der Waals surface area contributed by atoms with Gasteiger partial charge in [-0.3, -0.25) is 0 Å². The quantitative estimate of drug-likeness (QED) is 0.817. The van der Waals surface area contributed by atoms with Crippen LogP contribution in [0.4, 0.5) is 5.69 Å². The average molecular weight is 217 g/mol. The molecule has 0 fully saturated rings. The van der Waals surface area contributed by atoms with Crippen LogP contribution in [0.25, 0.3) is 0 Å². The van der Waals surface area contributed by atoms with Crippen molar-refractivity contribution in [1.82, 2.24) is 0 Å². The summed E-state index contributed by atoms with van der Waals surface area (Å²) in [5.41, 5.74) is 4.72. The van der Waals surface area contributed by atoms with Crippen LogP contribution in [0.1, 0.15) is 31.9 Å². The number of ether oxygens (including phenoxy) is 1. The molecule has 16 heavy (non-hydrogen) atoms. The molecule has 0 amide bonds. The maximum atomic E-state index is 5.63. The van der Waals surface area contributed by atoms with Crippen LogP contribution in [0, 0.1) is 6.92 Å². The van der Waals surface area contributed by atoms with Crippen LogP contribution < -0.4 is 10.1 Å². The van der Waals surface area contributed by atoms with Crippen LogP contribution in [0.3, 0.4) is 0 Å². The van der Waals surface area contributed by atoms with Gasteiger partial charge in [-0.25, -0.2) is 0 Å². The highest BCUT2D eigenvalue weighted by Gasteiger charge is 2.35. The Labute approximate surface area is 97.3 Å². The topological polar surface area (TPSA) is 21.3 Å². The lowest BCUT2D eigenvalue weighted by Gasteiger charge is -2.22. The Hall–Kier alpha value is -1.44. The van der Waals surface area contributed by atoms with E-state index in [1.165, 1.54) is 11.1 Å². The first-order valence-electron chi connectivity index (χ1n) is 5.71. The Morgan fingerprint density at radius 1 is 1.38 bits per heavy atom. The van der Waals surface area contributed by atoms with Gasteiger partial charge in [-0.1, -0.05) is 20.4 Å². The first kappa shape index (κ1) is 11.1. The van der Waals surface area contributed by atoms with Gasteiger partial charge in [0.1, 0.15) is 5.75 Å². The second kappa shape index (κ2) is 3.55. The number of rotatable bonds is 2. The van der Waals surface area contributed by atoms with E-state index in [9.17, 15) is 0 Å². The van der Waals surface area contributed by atoms with Crippen molar-refractivity contribution < 1.29 is 4.74 Å². The summed E-state index contributed by atoms with van der Waals surface area (Å²) in [6.07, 6.45) is 0. The highest BCUT2D eigenvalue weighted by Crippen LogP contribution is 2.46. The fraction of sp³-hybridized carbons (Fsp3) is 0.429. The van der Waals surface area contributed by atoms with Gasteiger partial charge in [0.25, 0.3) is 0 Å². The molecule has 0 saturated heterocycles. The van der Waals surface area contributed by atoms with E-state index in [1.807, 2.05) is 13.0 Å². The van der Waals surface area contributed by atoms with Crippen molar-refractivity contribution in [1.29, 1.82) is 0 Å². The van der Waals surface area contributed by atoms with Crippen LogP contribution in [-0.2, 0) is 5.41 Å². The SMILES string of the molecule is C=C1Nc2ccc(OCC)c(C)c2C1(C)C. The van der Waals surface area contributed by atoms with Gasteiger partial charge >= 0.3 is 0 Å². The first-order valence-corrected chi connectivity index (χ1v) is 5.71. The second-order valence-corrected chi connectivity index (χ2v) is 4.77. The van der Waals surface area contributed by atoms with Crippen LogP contribution in [0.2, 0.25) is 0 Å². The molecule has 1 N–H and O–H groups in total. The van der Waals surface area contributed by atoms with Gasteiger partial charge in [-0.15, -0.1) is 0 Å². The zero-order valence-electron chi connectivity index (χ0n) is 10.5. The molecule has 0 bridgehead atoms. The Kier molecular flexibility index (Phi) is 2.45. The summed E-state index contributed by atoms with van der Waals surface area (Å²) >= 11 is 0.